The SMILES string of the molecule is O=C(c1ccco1)N1CCN(c2ccc(Cl)nn2)CC1. The molecule has 1 aliphatic rings. The van der Waals surface area contributed by atoms with Gasteiger partial charge in [-0.25, -0.2) is 0 Å². The van der Waals surface area contributed by atoms with Gasteiger partial charge in [-0.1, -0.05) is 11.6 Å². The second-order valence-electron chi connectivity index (χ2n) is 4.47. The zero-order valence-corrected chi connectivity index (χ0v) is 11.5. The van der Waals surface area contributed by atoms with E-state index in [1.807, 2.05) is 6.07 Å². The molecule has 2 aromatic heterocycles. The molecule has 2 aromatic rings. The van der Waals surface area contributed by atoms with E-state index in [1.54, 1.807) is 23.1 Å². The average Bonchev–Trinajstić information content (AvgIpc) is 3.02. The van der Waals surface area contributed by atoms with E-state index in [1.165, 1.54) is 6.26 Å². The number of aromatic nitrogens is 2. The molecule has 1 aliphatic heterocycles. The summed E-state index contributed by atoms with van der Waals surface area (Å²) in [5.41, 5.74) is 0. The number of nitrogens with zero attached hydrogens (tertiary/aromatic N) is 4. The maximum atomic E-state index is 12.1. The molecule has 1 saturated heterocycles. The second-order valence-corrected chi connectivity index (χ2v) is 4.86. The lowest BCUT2D eigenvalue weighted by Gasteiger charge is -2.34. The number of amides is 1. The summed E-state index contributed by atoms with van der Waals surface area (Å²) in [6.07, 6.45) is 1.51. The van der Waals surface area contributed by atoms with Gasteiger partial charge in [0.15, 0.2) is 16.7 Å². The molecule has 0 unspecified atom stereocenters. The van der Waals surface area contributed by atoms with Crippen LogP contribution in [0.2, 0.25) is 5.15 Å². The van der Waals surface area contributed by atoms with Crippen LogP contribution in [0, 0.1) is 0 Å². The number of rotatable bonds is 2. The lowest BCUT2D eigenvalue weighted by molar-refractivity contribution is 0.0714. The molecule has 3 heterocycles. The van der Waals surface area contributed by atoms with Crippen molar-refractivity contribution >= 4 is 23.3 Å². The number of hydrogen-bond acceptors (Lipinski definition) is 5. The van der Waals surface area contributed by atoms with E-state index in [-0.39, 0.29) is 5.91 Å². The van der Waals surface area contributed by atoms with Gasteiger partial charge < -0.3 is 14.2 Å². The Labute approximate surface area is 120 Å². The van der Waals surface area contributed by atoms with Crippen LogP contribution < -0.4 is 4.90 Å². The molecule has 0 aliphatic carbocycles. The van der Waals surface area contributed by atoms with E-state index < -0.39 is 0 Å². The Bertz CT molecular complexity index is 577. The monoisotopic (exact) mass is 292 g/mol. The molecule has 1 amide bonds. The van der Waals surface area contributed by atoms with Crippen LogP contribution in [0.1, 0.15) is 10.6 Å². The molecule has 7 heteroatoms. The molecule has 0 radical (unpaired) electrons. The Morgan fingerprint density at radius 3 is 2.55 bits per heavy atom. The quantitative estimate of drug-likeness (QED) is 0.843. The van der Waals surface area contributed by atoms with Gasteiger partial charge in [-0.15, -0.1) is 10.2 Å². The van der Waals surface area contributed by atoms with Crippen molar-refractivity contribution in [1.29, 1.82) is 0 Å². The van der Waals surface area contributed by atoms with Crippen molar-refractivity contribution in [3.05, 3.63) is 41.4 Å². The summed E-state index contributed by atoms with van der Waals surface area (Å²) in [4.78, 5) is 16.0. The molecule has 0 atom stereocenters. The van der Waals surface area contributed by atoms with E-state index in [0.717, 1.165) is 5.82 Å². The number of furan rings is 1. The number of halogens is 1. The molecule has 6 nitrogen and oxygen atoms in total. The molecular formula is C13H13ClN4O2. The second kappa shape index (κ2) is 5.50. The van der Waals surface area contributed by atoms with Crippen LogP contribution in [0.15, 0.2) is 34.9 Å². The number of carbonyl (C=O) groups is 1. The Morgan fingerprint density at radius 2 is 1.95 bits per heavy atom. The van der Waals surface area contributed by atoms with Gasteiger partial charge in [-0.2, -0.15) is 0 Å². The van der Waals surface area contributed by atoms with Crippen molar-refractivity contribution in [2.75, 3.05) is 31.1 Å². The first kappa shape index (κ1) is 12.9. The molecule has 0 aromatic carbocycles. The van der Waals surface area contributed by atoms with Gasteiger partial charge in [0.1, 0.15) is 0 Å². The van der Waals surface area contributed by atoms with Crippen LogP contribution in [0.3, 0.4) is 0 Å². The summed E-state index contributed by atoms with van der Waals surface area (Å²) in [6.45, 7) is 2.68. The van der Waals surface area contributed by atoms with E-state index in [9.17, 15) is 4.79 Å². The summed E-state index contributed by atoms with van der Waals surface area (Å²) in [5, 5.41) is 8.25. The molecule has 0 saturated carbocycles. The predicted molar refractivity (Wildman–Crippen MR) is 73.9 cm³/mol. The molecule has 20 heavy (non-hydrogen) atoms. The maximum absolute atomic E-state index is 12.1. The van der Waals surface area contributed by atoms with E-state index >= 15 is 0 Å². The summed E-state index contributed by atoms with van der Waals surface area (Å²) < 4.78 is 5.13. The maximum Gasteiger partial charge on any atom is 0.289 e. The molecule has 0 bridgehead atoms. The molecule has 3 rings (SSSR count). The van der Waals surface area contributed by atoms with Crippen LogP contribution >= 0.6 is 11.6 Å². The fourth-order valence-electron chi connectivity index (χ4n) is 2.17. The Kier molecular flexibility index (Phi) is 3.56. The standard InChI is InChI=1S/C13H13ClN4O2/c14-11-3-4-12(16-15-11)17-5-7-18(8-6-17)13(19)10-2-1-9-20-10/h1-4,9H,5-8H2. The van der Waals surface area contributed by atoms with Crippen molar-refractivity contribution in [2.24, 2.45) is 0 Å². The Morgan fingerprint density at radius 1 is 1.15 bits per heavy atom. The van der Waals surface area contributed by atoms with Crippen molar-refractivity contribution in [2.45, 2.75) is 0 Å². The van der Waals surface area contributed by atoms with Crippen molar-refractivity contribution in [1.82, 2.24) is 15.1 Å². The summed E-state index contributed by atoms with van der Waals surface area (Å²) in [5.74, 6) is 1.08. The minimum atomic E-state index is -0.0724. The highest BCUT2D eigenvalue weighted by atomic mass is 35.5. The van der Waals surface area contributed by atoms with Gasteiger partial charge >= 0.3 is 0 Å². The van der Waals surface area contributed by atoms with Gasteiger partial charge in [-0.3, -0.25) is 4.79 Å². The number of carbonyl (C=O) groups excluding carboxylic acids is 1. The first-order chi connectivity index (χ1) is 9.74. The van der Waals surface area contributed by atoms with E-state index in [2.05, 4.69) is 15.1 Å². The largest absolute Gasteiger partial charge is 0.459 e. The lowest BCUT2D eigenvalue weighted by Crippen LogP contribution is -2.49. The average molecular weight is 293 g/mol. The minimum absolute atomic E-state index is 0.0724. The number of hydrogen-bond donors (Lipinski definition) is 0. The topological polar surface area (TPSA) is 62.5 Å². The van der Waals surface area contributed by atoms with Crippen LogP contribution in [-0.4, -0.2) is 47.2 Å². The van der Waals surface area contributed by atoms with E-state index in [4.69, 9.17) is 16.0 Å². The number of piperazine rings is 1. The molecule has 1 fully saturated rings. The fourth-order valence-corrected chi connectivity index (χ4v) is 2.27. The minimum Gasteiger partial charge on any atom is -0.459 e. The number of anilines is 1. The highest BCUT2D eigenvalue weighted by molar-refractivity contribution is 6.29. The smallest absolute Gasteiger partial charge is 0.289 e. The zero-order chi connectivity index (χ0) is 13.9. The van der Waals surface area contributed by atoms with Crippen LogP contribution in [0.4, 0.5) is 5.82 Å². The molecule has 0 N–H and O–H groups in total. The molecular weight excluding hydrogens is 280 g/mol. The van der Waals surface area contributed by atoms with Gasteiger partial charge in [0.05, 0.1) is 6.26 Å². The first-order valence-electron chi connectivity index (χ1n) is 6.31. The third kappa shape index (κ3) is 2.60. The first-order valence-corrected chi connectivity index (χ1v) is 6.69. The van der Waals surface area contributed by atoms with E-state index in [0.29, 0.717) is 37.1 Å². The highest BCUT2D eigenvalue weighted by Gasteiger charge is 2.24. The Balaban J connectivity index is 1.62. The summed E-state index contributed by atoms with van der Waals surface area (Å²) in [6, 6.07) is 6.94. The van der Waals surface area contributed by atoms with Crippen molar-refractivity contribution < 1.29 is 9.21 Å². The zero-order valence-electron chi connectivity index (χ0n) is 10.7. The van der Waals surface area contributed by atoms with Gasteiger partial charge in [0.2, 0.25) is 0 Å². The van der Waals surface area contributed by atoms with Crippen LogP contribution in [0.5, 0.6) is 0 Å². The summed E-state index contributed by atoms with van der Waals surface area (Å²) >= 11 is 5.72. The Hall–Kier alpha value is -2.08. The van der Waals surface area contributed by atoms with Crippen molar-refractivity contribution in [3.8, 4) is 0 Å². The third-order valence-electron chi connectivity index (χ3n) is 3.24. The fraction of sp³-hybridized carbons (Fsp3) is 0.308. The molecule has 104 valence electrons. The van der Waals surface area contributed by atoms with Gasteiger partial charge in [0.25, 0.3) is 5.91 Å². The predicted octanol–water partition coefficient (Wildman–Crippen LogP) is 1.69. The van der Waals surface area contributed by atoms with Gasteiger partial charge in [-0.05, 0) is 24.3 Å². The van der Waals surface area contributed by atoms with Gasteiger partial charge in [0, 0.05) is 26.2 Å². The lowest BCUT2D eigenvalue weighted by atomic mass is 10.3. The summed E-state index contributed by atoms with van der Waals surface area (Å²) in [7, 11) is 0. The molecule has 0 spiro atoms. The van der Waals surface area contributed by atoms with Crippen LogP contribution in [0.25, 0.3) is 0 Å². The normalized spacial score (nSPS) is 15.4. The van der Waals surface area contributed by atoms with Crippen molar-refractivity contribution in [3.63, 3.8) is 0 Å². The highest BCUT2D eigenvalue weighted by Crippen LogP contribution is 2.15. The third-order valence-corrected chi connectivity index (χ3v) is 3.44. The van der Waals surface area contributed by atoms with Crippen LogP contribution in [-0.2, 0) is 0 Å².